The molecule has 0 heterocycles. The van der Waals surface area contributed by atoms with Gasteiger partial charge in [0.25, 0.3) is 0 Å². The van der Waals surface area contributed by atoms with Gasteiger partial charge >= 0.3 is 0 Å². The van der Waals surface area contributed by atoms with E-state index in [0.717, 1.165) is 22.3 Å². The van der Waals surface area contributed by atoms with Crippen molar-refractivity contribution in [3.05, 3.63) is 130 Å². The maximum absolute atomic E-state index is 14.0. The summed E-state index contributed by atoms with van der Waals surface area (Å²) in [5.41, 5.74) is 3.74. The number of nitrogens with one attached hydrogen (secondary N) is 1. The van der Waals surface area contributed by atoms with E-state index in [1.165, 1.54) is 0 Å². The Morgan fingerprint density at radius 1 is 0.756 bits per heavy atom. The Balaban J connectivity index is 1.62. The summed E-state index contributed by atoms with van der Waals surface area (Å²) >= 11 is 6.13. The van der Waals surface area contributed by atoms with Gasteiger partial charge in [-0.1, -0.05) is 90.5 Å². The molecule has 1 atom stereocenters. The predicted octanol–water partition coefficient (Wildman–Crippen LogP) is 5.90. The Morgan fingerprint density at radius 3 is 2.00 bits per heavy atom. The van der Waals surface area contributed by atoms with Gasteiger partial charge in [-0.05, 0) is 52.9 Å². The quantitative estimate of drug-likeness (QED) is 0.217. The first-order chi connectivity index (χ1) is 20.0. The largest absolute Gasteiger partial charge is 0.493 e. The van der Waals surface area contributed by atoms with Crippen LogP contribution in [0.2, 0.25) is 5.02 Å². The lowest BCUT2D eigenvalue weighted by Gasteiger charge is -2.32. The zero-order valence-electron chi connectivity index (χ0n) is 23.4. The van der Waals surface area contributed by atoms with Crippen LogP contribution >= 0.6 is 11.6 Å². The van der Waals surface area contributed by atoms with Crippen molar-refractivity contribution in [1.29, 1.82) is 0 Å². The standard InChI is InChI=1S/C34H35ClN2O4/c1-40-31-18-15-28(22-32(31)41-2)23-33(38)37(24-27-13-16-29(35)17-14-27)30(21-26-11-7-4-8-12-26)34(39)36-20-19-25-9-5-3-6-10-25/h3-18,22,30H,19-21,23-24H2,1-2H3,(H,36,39). The average Bonchev–Trinajstić information content (AvgIpc) is 3.00. The number of hydrogen-bond acceptors (Lipinski definition) is 4. The molecule has 0 aliphatic carbocycles. The van der Waals surface area contributed by atoms with E-state index < -0.39 is 6.04 Å². The average molecular weight is 571 g/mol. The second-order valence-electron chi connectivity index (χ2n) is 9.75. The minimum absolute atomic E-state index is 0.0938. The Bertz CT molecular complexity index is 1410. The lowest BCUT2D eigenvalue weighted by Crippen LogP contribution is -2.51. The van der Waals surface area contributed by atoms with Gasteiger partial charge in [0.2, 0.25) is 11.8 Å². The van der Waals surface area contributed by atoms with Crippen molar-refractivity contribution in [2.75, 3.05) is 20.8 Å². The van der Waals surface area contributed by atoms with Gasteiger partial charge in [-0.2, -0.15) is 0 Å². The zero-order valence-corrected chi connectivity index (χ0v) is 24.1. The number of methoxy groups -OCH3 is 2. The van der Waals surface area contributed by atoms with Gasteiger partial charge in [-0.15, -0.1) is 0 Å². The van der Waals surface area contributed by atoms with Crippen LogP contribution in [0.3, 0.4) is 0 Å². The van der Waals surface area contributed by atoms with E-state index in [1.807, 2.05) is 78.9 Å². The van der Waals surface area contributed by atoms with E-state index >= 15 is 0 Å². The monoisotopic (exact) mass is 570 g/mol. The molecule has 1 N–H and O–H groups in total. The summed E-state index contributed by atoms with van der Waals surface area (Å²) in [4.78, 5) is 29.5. The number of amides is 2. The predicted molar refractivity (Wildman–Crippen MR) is 162 cm³/mol. The number of hydrogen-bond donors (Lipinski definition) is 1. The number of benzene rings is 4. The molecule has 6 nitrogen and oxygen atoms in total. The molecule has 4 rings (SSSR count). The van der Waals surface area contributed by atoms with Crippen LogP contribution in [0.1, 0.15) is 22.3 Å². The minimum Gasteiger partial charge on any atom is -0.493 e. The molecular formula is C34H35ClN2O4. The van der Waals surface area contributed by atoms with E-state index in [1.54, 1.807) is 43.4 Å². The van der Waals surface area contributed by atoms with Crippen LogP contribution in [0.5, 0.6) is 11.5 Å². The molecule has 0 aliphatic rings. The number of halogens is 1. The molecule has 0 aliphatic heterocycles. The second kappa shape index (κ2) is 14.9. The highest BCUT2D eigenvalue weighted by Gasteiger charge is 2.30. The molecule has 41 heavy (non-hydrogen) atoms. The normalized spacial score (nSPS) is 11.4. The molecule has 1 unspecified atom stereocenters. The Morgan fingerprint density at radius 2 is 1.37 bits per heavy atom. The number of rotatable bonds is 13. The van der Waals surface area contributed by atoms with E-state index in [4.69, 9.17) is 21.1 Å². The third-order valence-corrected chi connectivity index (χ3v) is 7.15. The number of carbonyl (C=O) groups is 2. The van der Waals surface area contributed by atoms with E-state index in [0.29, 0.717) is 35.9 Å². The molecule has 2 amide bonds. The minimum atomic E-state index is -0.725. The first-order valence-electron chi connectivity index (χ1n) is 13.6. The third-order valence-electron chi connectivity index (χ3n) is 6.90. The van der Waals surface area contributed by atoms with E-state index in [2.05, 4.69) is 5.32 Å². The van der Waals surface area contributed by atoms with Gasteiger partial charge in [-0.3, -0.25) is 9.59 Å². The summed E-state index contributed by atoms with van der Waals surface area (Å²) in [7, 11) is 3.13. The summed E-state index contributed by atoms with van der Waals surface area (Å²) in [6, 6.07) is 31.8. The van der Waals surface area contributed by atoms with Crippen molar-refractivity contribution < 1.29 is 19.1 Å². The molecule has 0 spiro atoms. The molecule has 0 aromatic heterocycles. The highest BCUT2D eigenvalue weighted by molar-refractivity contribution is 6.30. The summed E-state index contributed by atoms with van der Waals surface area (Å²) in [5.74, 6) is 0.758. The lowest BCUT2D eigenvalue weighted by molar-refractivity contribution is -0.140. The Labute approximate surface area is 246 Å². The zero-order chi connectivity index (χ0) is 29.0. The van der Waals surface area contributed by atoms with Crippen LogP contribution in [0, 0.1) is 0 Å². The highest BCUT2D eigenvalue weighted by atomic mass is 35.5. The van der Waals surface area contributed by atoms with Gasteiger partial charge in [0, 0.05) is 24.5 Å². The first kappa shape index (κ1) is 29.7. The van der Waals surface area contributed by atoms with Crippen LogP contribution in [-0.4, -0.2) is 43.5 Å². The summed E-state index contributed by atoms with van der Waals surface area (Å²) in [6.07, 6.45) is 1.17. The SMILES string of the molecule is COc1ccc(CC(=O)N(Cc2ccc(Cl)cc2)C(Cc2ccccc2)C(=O)NCCc2ccccc2)cc1OC. The summed E-state index contributed by atoms with van der Waals surface area (Å²) < 4.78 is 10.8. The molecule has 0 fully saturated rings. The smallest absolute Gasteiger partial charge is 0.243 e. The van der Waals surface area contributed by atoms with Crippen molar-refractivity contribution in [2.24, 2.45) is 0 Å². The molecule has 4 aromatic rings. The van der Waals surface area contributed by atoms with Crippen molar-refractivity contribution in [2.45, 2.75) is 31.8 Å². The third kappa shape index (κ3) is 8.60. The molecule has 4 aromatic carbocycles. The first-order valence-corrected chi connectivity index (χ1v) is 13.9. The van der Waals surface area contributed by atoms with Crippen LogP contribution in [-0.2, 0) is 35.4 Å². The fourth-order valence-electron chi connectivity index (χ4n) is 4.70. The Hall–Kier alpha value is -4.29. The number of ether oxygens (including phenoxy) is 2. The van der Waals surface area contributed by atoms with Crippen LogP contribution in [0.4, 0.5) is 0 Å². The topological polar surface area (TPSA) is 67.9 Å². The summed E-state index contributed by atoms with van der Waals surface area (Å²) in [6.45, 7) is 0.722. The number of nitrogens with zero attached hydrogens (tertiary/aromatic N) is 1. The second-order valence-corrected chi connectivity index (χ2v) is 10.2. The maximum Gasteiger partial charge on any atom is 0.243 e. The molecule has 0 saturated heterocycles. The molecule has 0 bridgehead atoms. The van der Waals surface area contributed by atoms with Crippen LogP contribution in [0.15, 0.2) is 103 Å². The van der Waals surface area contributed by atoms with Crippen LogP contribution < -0.4 is 14.8 Å². The molecule has 0 radical (unpaired) electrons. The van der Waals surface area contributed by atoms with Gasteiger partial charge in [0.05, 0.1) is 20.6 Å². The van der Waals surface area contributed by atoms with Crippen LogP contribution in [0.25, 0.3) is 0 Å². The number of carbonyl (C=O) groups excluding carboxylic acids is 2. The van der Waals surface area contributed by atoms with Crippen molar-refractivity contribution in [1.82, 2.24) is 10.2 Å². The Kier molecular flexibility index (Phi) is 10.8. The molecule has 0 saturated carbocycles. The fourth-order valence-corrected chi connectivity index (χ4v) is 4.83. The van der Waals surface area contributed by atoms with Crippen molar-refractivity contribution in [3.8, 4) is 11.5 Å². The molecule has 7 heteroatoms. The van der Waals surface area contributed by atoms with Gasteiger partial charge in [0.1, 0.15) is 6.04 Å². The van der Waals surface area contributed by atoms with E-state index in [-0.39, 0.29) is 24.8 Å². The van der Waals surface area contributed by atoms with Gasteiger partial charge in [0.15, 0.2) is 11.5 Å². The maximum atomic E-state index is 14.0. The van der Waals surface area contributed by atoms with Gasteiger partial charge in [-0.25, -0.2) is 0 Å². The van der Waals surface area contributed by atoms with Crippen molar-refractivity contribution in [3.63, 3.8) is 0 Å². The van der Waals surface area contributed by atoms with Crippen molar-refractivity contribution >= 4 is 23.4 Å². The lowest BCUT2D eigenvalue weighted by atomic mass is 10.0. The summed E-state index contributed by atoms with van der Waals surface area (Å²) in [5, 5.41) is 3.70. The molecular weight excluding hydrogens is 536 g/mol. The highest BCUT2D eigenvalue weighted by Crippen LogP contribution is 2.28. The van der Waals surface area contributed by atoms with E-state index in [9.17, 15) is 9.59 Å². The fraction of sp³-hybridized carbons (Fsp3) is 0.235. The molecule has 212 valence electrons. The van der Waals surface area contributed by atoms with Gasteiger partial charge < -0.3 is 19.7 Å².